The third-order valence-corrected chi connectivity index (χ3v) is 4.68. The zero-order valence-corrected chi connectivity index (χ0v) is 13.0. The van der Waals surface area contributed by atoms with Crippen LogP contribution in [-0.2, 0) is 0 Å². The Balaban J connectivity index is 2.10. The number of methoxy groups -OCH3 is 1. The second kappa shape index (κ2) is 6.04. The quantitative estimate of drug-likeness (QED) is 0.822. The Morgan fingerprint density at radius 3 is 2.40 bits per heavy atom. The van der Waals surface area contributed by atoms with E-state index in [0.717, 1.165) is 24.3 Å². The van der Waals surface area contributed by atoms with E-state index in [1.54, 1.807) is 7.11 Å². The van der Waals surface area contributed by atoms with Gasteiger partial charge in [0.2, 0.25) is 0 Å². The van der Waals surface area contributed by atoms with E-state index >= 15 is 0 Å². The van der Waals surface area contributed by atoms with Gasteiger partial charge < -0.3 is 15.8 Å². The maximum atomic E-state index is 6.11. The minimum Gasteiger partial charge on any atom is -0.497 e. The third kappa shape index (κ3) is 3.66. The third-order valence-electron chi connectivity index (χ3n) is 4.68. The summed E-state index contributed by atoms with van der Waals surface area (Å²) in [6, 6.07) is 8.14. The topological polar surface area (TPSA) is 47.3 Å². The van der Waals surface area contributed by atoms with Crippen molar-refractivity contribution in [2.45, 2.75) is 51.5 Å². The van der Waals surface area contributed by atoms with Crippen LogP contribution in [0.25, 0.3) is 0 Å². The maximum Gasteiger partial charge on any atom is 0.119 e. The SMILES string of the molecule is COc1ccc(NC2(CN)CCCC(C)(C)CC2)cc1. The maximum absolute atomic E-state index is 6.11. The zero-order chi connectivity index (χ0) is 14.6. The lowest BCUT2D eigenvalue weighted by molar-refractivity contribution is 0.305. The van der Waals surface area contributed by atoms with Gasteiger partial charge in [-0.2, -0.15) is 0 Å². The predicted molar refractivity (Wildman–Crippen MR) is 85.3 cm³/mol. The molecule has 112 valence electrons. The lowest BCUT2D eigenvalue weighted by atomic mass is 9.83. The Morgan fingerprint density at radius 1 is 1.10 bits per heavy atom. The highest BCUT2D eigenvalue weighted by atomic mass is 16.5. The second-order valence-electron chi connectivity index (χ2n) is 6.86. The molecule has 1 saturated carbocycles. The van der Waals surface area contributed by atoms with Crippen LogP contribution < -0.4 is 15.8 Å². The van der Waals surface area contributed by atoms with Crippen molar-refractivity contribution in [3.05, 3.63) is 24.3 Å². The van der Waals surface area contributed by atoms with Crippen molar-refractivity contribution < 1.29 is 4.74 Å². The summed E-state index contributed by atoms with van der Waals surface area (Å²) in [6.07, 6.45) is 6.06. The number of rotatable bonds is 4. The summed E-state index contributed by atoms with van der Waals surface area (Å²) in [6.45, 7) is 5.43. The van der Waals surface area contributed by atoms with Gasteiger partial charge in [0.05, 0.1) is 7.11 Å². The van der Waals surface area contributed by atoms with Gasteiger partial charge in [-0.1, -0.05) is 20.3 Å². The molecule has 0 radical (unpaired) electrons. The average Bonchev–Trinajstić information content (AvgIpc) is 2.59. The molecule has 1 unspecified atom stereocenters. The van der Waals surface area contributed by atoms with Crippen LogP contribution in [0.3, 0.4) is 0 Å². The molecule has 0 aliphatic heterocycles. The van der Waals surface area contributed by atoms with Gasteiger partial charge in [-0.05, 0) is 55.4 Å². The summed E-state index contributed by atoms with van der Waals surface area (Å²) < 4.78 is 5.21. The van der Waals surface area contributed by atoms with E-state index in [2.05, 4.69) is 31.3 Å². The minimum atomic E-state index is 0.0440. The molecule has 1 aliphatic carbocycles. The lowest BCUT2D eigenvalue weighted by Gasteiger charge is -2.34. The monoisotopic (exact) mass is 276 g/mol. The molecule has 2 rings (SSSR count). The molecule has 0 saturated heterocycles. The first-order valence-electron chi connectivity index (χ1n) is 7.61. The van der Waals surface area contributed by atoms with Crippen molar-refractivity contribution in [2.24, 2.45) is 11.1 Å². The molecule has 0 spiro atoms. The highest BCUT2D eigenvalue weighted by molar-refractivity contribution is 5.48. The first-order valence-corrected chi connectivity index (χ1v) is 7.61. The van der Waals surface area contributed by atoms with Crippen molar-refractivity contribution >= 4 is 5.69 Å². The van der Waals surface area contributed by atoms with Crippen LogP contribution in [0.15, 0.2) is 24.3 Å². The molecule has 0 aromatic heterocycles. The highest BCUT2D eigenvalue weighted by Crippen LogP contribution is 2.39. The van der Waals surface area contributed by atoms with Gasteiger partial charge in [-0.25, -0.2) is 0 Å². The molecule has 1 aromatic rings. The molecule has 0 heterocycles. The molecule has 0 amide bonds. The summed E-state index contributed by atoms with van der Waals surface area (Å²) in [5, 5.41) is 3.69. The van der Waals surface area contributed by atoms with Gasteiger partial charge in [-0.15, -0.1) is 0 Å². The van der Waals surface area contributed by atoms with Crippen LogP contribution in [0.5, 0.6) is 5.75 Å². The molecule has 3 nitrogen and oxygen atoms in total. The van der Waals surface area contributed by atoms with Crippen LogP contribution in [0.2, 0.25) is 0 Å². The zero-order valence-electron chi connectivity index (χ0n) is 13.0. The van der Waals surface area contributed by atoms with Crippen molar-refractivity contribution in [1.82, 2.24) is 0 Å². The van der Waals surface area contributed by atoms with Crippen LogP contribution in [-0.4, -0.2) is 19.2 Å². The van der Waals surface area contributed by atoms with Gasteiger partial charge in [0.1, 0.15) is 5.75 Å². The van der Waals surface area contributed by atoms with Crippen molar-refractivity contribution in [2.75, 3.05) is 19.0 Å². The van der Waals surface area contributed by atoms with E-state index in [-0.39, 0.29) is 5.54 Å². The smallest absolute Gasteiger partial charge is 0.119 e. The van der Waals surface area contributed by atoms with E-state index in [0.29, 0.717) is 12.0 Å². The lowest BCUT2D eigenvalue weighted by Crippen LogP contribution is -2.45. The second-order valence-corrected chi connectivity index (χ2v) is 6.86. The normalized spacial score (nSPS) is 25.8. The number of benzene rings is 1. The number of ether oxygens (including phenoxy) is 1. The first kappa shape index (κ1) is 15.2. The molecule has 1 aliphatic rings. The number of anilines is 1. The standard InChI is InChI=1S/C17H28N2O/c1-16(2)9-4-10-17(13-18,12-11-16)19-14-5-7-15(20-3)8-6-14/h5-8,19H,4,9-13,18H2,1-3H3. The van der Waals surface area contributed by atoms with E-state index in [9.17, 15) is 0 Å². The van der Waals surface area contributed by atoms with Crippen LogP contribution in [0, 0.1) is 5.41 Å². The van der Waals surface area contributed by atoms with E-state index < -0.39 is 0 Å². The molecule has 1 fully saturated rings. The predicted octanol–water partition coefficient (Wildman–Crippen LogP) is 3.79. The summed E-state index contributed by atoms with van der Waals surface area (Å²) in [7, 11) is 1.69. The molecular formula is C17H28N2O. The van der Waals surface area contributed by atoms with Crippen LogP contribution in [0.4, 0.5) is 5.69 Å². The van der Waals surface area contributed by atoms with Crippen LogP contribution >= 0.6 is 0 Å². The van der Waals surface area contributed by atoms with Gasteiger partial charge >= 0.3 is 0 Å². The first-order chi connectivity index (χ1) is 9.49. The van der Waals surface area contributed by atoms with Gasteiger partial charge in [0.15, 0.2) is 0 Å². The van der Waals surface area contributed by atoms with E-state index in [1.165, 1.54) is 19.3 Å². The summed E-state index contributed by atoms with van der Waals surface area (Å²) in [5.41, 5.74) is 7.74. The summed E-state index contributed by atoms with van der Waals surface area (Å²) in [5.74, 6) is 0.888. The number of nitrogens with one attached hydrogen (secondary N) is 1. The van der Waals surface area contributed by atoms with Crippen molar-refractivity contribution in [3.63, 3.8) is 0 Å². The molecule has 3 N–H and O–H groups in total. The fraction of sp³-hybridized carbons (Fsp3) is 0.647. The number of hydrogen-bond donors (Lipinski definition) is 2. The van der Waals surface area contributed by atoms with E-state index in [1.807, 2.05) is 12.1 Å². The highest BCUT2D eigenvalue weighted by Gasteiger charge is 2.34. The largest absolute Gasteiger partial charge is 0.497 e. The van der Waals surface area contributed by atoms with Gasteiger partial charge in [-0.3, -0.25) is 0 Å². The van der Waals surface area contributed by atoms with Gasteiger partial charge in [0.25, 0.3) is 0 Å². The van der Waals surface area contributed by atoms with E-state index in [4.69, 9.17) is 10.5 Å². The van der Waals surface area contributed by atoms with Crippen LogP contribution in [0.1, 0.15) is 46.0 Å². The number of hydrogen-bond acceptors (Lipinski definition) is 3. The fourth-order valence-corrected chi connectivity index (χ4v) is 3.09. The Hall–Kier alpha value is -1.22. The van der Waals surface area contributed by atoms with Crippen molar-refractivity contribution in [3.8, 4) is 5.75 Å². The Labute approximate surface area is 122 Å². The Morgan fingerprint density at radius 2 is 1.80 bits per heavy atom. The Kier molecular flexibility index (Phi) is 4.59. The minimum absolute atomic E-state index is 0.0440. The molecule has 1 aromatic carbocycles. The number of nitrogens with two attached hydrogens (primary N) is 1. The summed E-state index contributed by atoms with van der Waals surface area (Å²) >= 11 is 0. The molecule has 3 heteroatoms. The fourth-order valence-electron chi connectivity index (χ4n) is 3.09. The molecule has 0 bridgehead atoms. The molecule has 20 heavy (non-hydrogen) atoms. The summed E-state index contributed by atoms with van der Waals surface area (Å²) in [4.78, 5) is 0. The van der Waals surface area contributed by atoms with Gasteiger partial charge in [0, 0.05) is 17.8 Å². The molecule has 1 atom stereocenters. The van der Waals surface area contributed by atoms with Crippen molar-refractivity contribution in [1.29, 1.82) is 0 Å². The molecular weight excluding hydrogens is 248 g/mol. The Bertz CT molecular complexity index is 427. The average molecular weight is 276 g/mol.